The third kappa shape index (κ3) is 2.89. The molecule has 0 atom stereocenters. The second-order valence-electron chi connectivity index (χ2n) is 4.57. The average Bonchev–Trinajstić information content (AvgIpc) is 2.40. The standard InChI is InChI=1S/C15H11F4NO/c1-8-7-9(5-6-12(8)20)14(21)10-3-2-4-11(13(10)16)15(17,18)19/h2-7H,20H2,1H3. The first-order chi connectivity index (χ1) is 9.71. The fourth-order valence-corrected chi connectivity index (χ4v) is 1.90. The van der Waals surface area contributed by atoms with Crippen molar-refractivity contribution in [1.82, 2.24) is 0 Å². The lowest BCUT2D eigenvalue weighted by Gasteiger charge is -2.11. The summed E-state index contributed by atoms with van der Waals surface area (Å²) >= 11 is 0. The van der Waals surface area contributed by atoms with Crippen LogP contribution in [-0.2, 0) is 6.18 Å². The van der Waals surface area contributed by atoms with E-state index in [-0.39, 0.29) is 5.56 Å². The molecular weight excluding hydrogens is 286 g/mol. The summed E-state index contributed by atoms with van der Waals surface area (Å²) in [5, 5.41) is 0. The molecule has 2 N–H and O–H groups in total. The van der Waals surface area contributed by atoms with Crippen molar-refractivity contribution >= 4 is 11.5 Å². The largest absolute Gasteiger partial charge is 0.419 e. The molecule has 0 heterocycles. The number of nitrogen functional groups attached to an aromatic ring is 1. The molecule has 2 aromatic carbocycles. The van der Waals surface area contributed by atoms with Crippen LogP contribution in [0.15, 0.2) is 36.4 Å². The van der Waals surface area contributed by atoms with Crippen molar-refractivity contribution in [2.45, 2.75) is 13.1 Å². The first kappa shape index (κ1) is 15.0. The Kier molecular flexibility index (Phi) is 3.72. The van der Waals surface area contributed by atoms with Crippen LogP contribution < -0.4 is 5.73 Å². The van der Waals surface area contributed by atoms with E-state index in [1.807, 2.05) is 0 Å². The van der Waals surface area contributed by atoms with Crippen LogP contribution in [0.4, 0.5) is 23.2 Å². The molecule has 0 saturated heterocycles. The van der Waals surface area contributed by atoms with Crippen molar-refractivity contribution in [1.29, 1.82) is 0 Å². The number of anilines is 1. The van der Waals surface area contributed by atoms with Gasteiger partial charge in [-0.25, -0.2) is 4.39 Å². The molecule has 0 aliphatic carbocycles. The molecular formula is C15H11F4NO. The maximum absolute atomic E-state index is 13.9. The SMILES string of the molecule is Cc1cc(C(=O)c2cccc(C(F)(F)F)c2F)ccc1N. The smallest absolute Gasteiger partial charge is 0.399 e. The molecule has 0 unspecified atom stereocenters. The topological polar surface area (TPSA) is 43.1 Å². The minimum absolute atomic E-state index is 0.0833. The van der Waals surface area contributed by atoms with Gasteiger partial charge in [0.2, 0.25) is 0 Å². The van der Waals surface area contributed by atoms with E-state index in [0.717, 1.165) is 12.1 Å². The highest BCUT2D eigenvalue weighted by Crippen LogP contribution is 2.33. The van der Waals surface area contributed by atoms with Crippen LogP contribution in [0, 0.1) is 12.7 Å². The number of aryl methyl sites for hydroxylation is 1. The number of ketones is 1. The van der Waals surface area contributed by atoms with Gasteiger partial charge in [0.05, 0.1) is 11.1 Å². The number of rotatable bonds is 2. The van der Waals surface area contributed by atoms with E-state index in [1.54, 1.807) is 6.92 Å². The fourth-order valence-electron chi connectivity index (χ4n) is 1.90. The van der Waals surface area contributed by atoms with E-state index >= 15 is 0 Å². The maximum Gasteiger partial charge on any atom is 0.419 e. The van der Waals surface area contributed by atoms with E-state index in [2.05, 4.69) is 0 Å². The highest BCUT2D eigenvalue weighted by molar-refractivity contribution is 6.09. The second-order valence-corrected chi connectivity index (χ2v) is 4.57. The number of alkyl halides is 3. The maximum atomic E-state index is 13.9. The predicted molar refractivity (Wildman–Crippen MR) is 70.4 cm³/mol. The van der Waals surface area contributed by atoms with Crippen LogP contribution in [0.25, 0.3) is 0 Å². The van der Waals surface area contributed by atoms with Crippen LogP contribution in [0.1, 0.15) is 27.0 Å². The lowest BCUT2D eigenvalue weighted by atomic mass is 9.98. The third-order valence-electron chi connectivity index (χ3n) is 3.08. The van der Waals surface area contributed by atoms with Gasteiger partial charge < -0.3 is 5.73 Å². The van der Waals surface area contributed by atoms with Crippen molar-refractivity contribution in [2.24, 2.45) is 0 Å². The molecule has 0 spiro atoms. The predicted octanol–water partition coefficient (Wildman–Crippen LogP) is 3.97. The van der Waals surface area contributed by atoms with Gasteiger partial charge in [-0.3, -0.25) is 4.79 Å². The van der Waals surface area contributed by atoms with Crippen molar-refractivity contribution in [2.75, 3.05) is 5.73 Å². The number of carbonyl (C=O) groups excluding carboxylic acids is 1. The normalized spacial score (nSPS) is 11.5. The summed E-state index contributed by atoms with van der Waals surface area (Å²) in [5.41, 5.74) is 4.65. The number of hydrogen-bond acceptors (Lipinski definition) is 2. The van der Waals surface area contributed by atoms with Gasteiger partial charge >= 0.3 is 6.18 Å². The van der Waals surface area contributed by atoms with E-state index < -0.39 is 28.9 Å². The van der Waals surface area contributed by atoms with Gasteiger partial charge in [0.15, 0.2) is 5.78 Å². The zero-order chi connectivity index (χ0) is 15.8. The number of carbonyl (C=O) groups is 1. The molecule has 0 bridgehead atoms. The lowest BCUT2D eigenvalue weighted by molar-refractivity contribution is -0.140. The zero-order valence-corrected chi connectivity index (χ0v) is 11.0. The minimum Gasteiger partial charge on any atom is -0.399 e. The lowest BCUT2D eigenvalue weighted by Crippen LogP contribution is -2.13. The summed E-state index contributed by atoms with van der Waals surface area (Å²) in [5.74, 6) is -2.38. The molecule has 0 aliphatic rings. The number of nitrogens with two attached hydrogens (primary N) is 1. The minimum atomic E-state index is -4.85. The molecule has 6 heteroatoms. The molecule has 0 radical (unpaired) electrons. The molecule has 0 amide bonds. The molecule has 0 fully saturated rings. The van der Waals surface area contributed by atoms with Crippen LogP contribution in [0.2, 0.25) is 0 Å². The summed E-state index contributed by atoms with van der Waals surface area (Å²) in [6.07, 6.45) is -4.85. The molecule has 21 heavy (non-hydrogen) atoms. The summed E-state index contributed by atoms with van der Waals surface area (Å²) in [6, 6.07) is 6.85. The van der Waals surface area contributed by atoms with E-state index in [9.17, 15) is 22.4 Å². The summed E-state index contributed by atoms with van der Waals surface area (Å²) in [4.78, 5) is 12.2. The summed E-state index contributed by atoms with van der Waals surface area (Å²) < 4.78 is 51.9. The van der Waals surface area contributed by atoms with Crippen molar-refractivity contribution in [3.8, 4) is 0 Å². The number of hydrogen-bond donors (Lipinski definition) is 1. The van der Waals surface area contributed by atoms with Crippen LogP contribution in [0.5, 0.6) is 0 Å². The van der Waals surface area contributed by atoms with Crippen molar-refractivity contribution in [3.63, 3.8) is 0 Å². The average molecular weight is 297 g/mol. The zero-order valence-electron chi connectivity index (χ0n) is 11.0. The fraction of sp³-hybridized carbons (Fsp3) is 0.133. The Bertz CT molecular complexity index is 707. The molecule has 0 aliphatic heterocycles. The Morgan fingerprint density at radius 1 is 1.14 bits per heavy atom. The summed E-state index contributed by atoms with van der Waals surface area (Å²) in [6.45, 7) is 1.65. The van der Waals surface area contributed by atoms with Gasteiger partial charge in [-0.05, 0) is 42.8 Å². The second kappa shape index (κ2) is 5.20. The van der Waals surface area contributed by atoms with E-state index in [0.29, 0.717) is 17.3 Å². The van der Waals surface area contributed by atoms with Crippen LogP contribution >= 0.6 is 0 Å². The first-order valence-electron chi connectivity index (χ1n) is 5.98. The van der Waals surface area contributed by atoms with E-state index in [4.69, 9.17) is 5.73 Å². The van der Waals surface area contributed by atoms with Gasteiger partial charge in [0.1, 0.15) is 5.82 Å². The van der Waals surface area contributed by atoms with Gasteiger partial charge in [0, 0.05) is 11.3 Å². The quantitative estimate of drug-likeness (QED) is 0.518. The Labute approximate surface area is 118 Å². The van der Waals surface area contributed by atoms with Crippen LogP contribution in [-0.4, -0.2) is 5.78 Å². The Balaban J connectivity index is 2.51. The Hall–Kier alpha value is -2.37. The van der Waals surface area contributed by atoms with Crippen LogP contribution in [0.3, 0.4) is 0 Å². The van der Waals surface area contributed by atoms with E-state index in [1.165, 1.54) is 18.2 Å². The molecule has 0 aromatic heterocycles. The number of benzene rings is 2. The van der Waals surface area contributed by atoms with Gasteiger partial charge in [-0.15, -0.1) is 0 Å². The van der Waals surface area contributed by atoms with Gasteiger partial charge in [-0.1, -0.05) is 6.07 Å². The third-order valence-corrected chi connectivity index (χ3v) is 3.08. The van der Waals surface area contributed by atoms with Crippen molar-refractivity contribution < 1.29 is 22.4 Å². The Morgan fingerprint density at radius 2 is 1.81 bits per heavy atom. The summed E-state index contributed by atoms with van der Waals surface area (Å²) in [7, 11) is 0. The monoisotopic (exact) mass is 297 g/mol. The van der Waals surface area contributed by atoms with Gasteiger partial charge in [0.25, 0.3) is 0 Å². The highest BCUT2D eigenvalue weighted by Gasteiger charge is 2.35. The Morgan fingerprint density at radius 3 is 2.38 bits per heavy atom. The molecule has 2 nitrogen and oxygen atoms in total. The number of halogens is 4. The molecule has 2 aromatic rings. The van der Waals surface area contributed by atoms with Crippen molar-refractivity contribution in [3.05, 3.63) is 64.5 Å². The highest BCUT2D eigenvalue weighted by atomic mass is 19.4. The molecule has 0 saturated carbocycles. The van der Waals surface area contributed by atoms with Gasteiger partial charge in [-0.2, -0.15) is 13.2 Å². The molecule has 110 valence electrons. The molecule has 2 rings (SSSR count). The first-order valence-corrected chi connectivity index (χ1v) is 5.98.